The first-order chi connectivity index (χ1) is 16.6. The molecule has 35 heavy (non-hydrogen) atoms. The normalized spacial score (nSPS) is 22.5. The summed E-state index contributed by atoms with van der Waals surface area (Å²) >= 11 is 0. The Kier molecular flexibility index (Phi) is 6.90. The van der Waals surface area contributed by atoms with Gasteiger partial charge in [-0.3, -0.25) is 9.48 Å². The van der Waals surface area contributed by atoms with Crippen molar-refractivity contribution >= 4 is 11.6 Å². The number of aliphatic hydroxyl groups is 1. The van der Waals surface area contributed by atoms with Gasteiger partial charge >= 0.3 is 6.18 Å². The summed E-state index contributed by atoms with van der Waals surface area (Å²) in [6, 6.07) is 2.29. The molecule has 1 aliphatic rings. The minimum Gasteiger partial charge on any atom is -0.455 e. The van der Waals surface area contributed by atoms with Crippen LogP contribution < -0.4 is 10.6 Å². The summed E-state index contributed by atoms with van der Waals surface area (Å²) in [5.41, 5.74) is 0.606. The highest BCUT2D eigenvalue weighted by Crippen LogP contribution is 2.32. The number of alkyl halides is 4. The fourth-order valence-electron chi connectivity index (χ4n) is 4.30. The topological polar surface area (TPSA) is 118 Å². The number of nitrogens with zero attached hydrogens (tertiary/aromatic N) is 4. The molecule has 0 bridgehead atoms. The quantitative estimate of drug-likeness (QED) is 0.322. The van der Waals surface area contributed by atoms with Crippen molar-refractivity contribution in [1.82, 2.24) is 25.1 Å². The van der Waals surface area contributed by atoms with Crippen LogP contribution in [0.1, 0.15) is 39.7 Å². The summed E-state index contributed by atoms with van der Waals surface area (Å²) in [6.07, 6.45) is -3.09. The van der Waals surface area contributed by atoms with Crippen LogP contribution in [0.25, 0.3) is 0 Å². The molecule has 0 spiro atoms. The van der Waals surface area contributed by atoms with E-state index in [1.54, 1.807) is 14.0 Å². The smallest absolute Gasteiger partial charge is 0.449 e. The van der Waals surface area contributed by atoms with E-state index < -0.39 is 36.0 Å². The second-order valence-electron chi connectivity index (χ2n) is 8.39. The lowest BCUT2D eigenvalue weighted by molar-refractivity contribution is -0.153. The molecule has 0 amide bonds. The molecule has 1 saturated carbocycles. The molecule has 188 valence electrons. The Morgan fingerprint density at radius 2 is 2.11 bits per heavy atom. The molecule has 0 aliphatic heterocycles. The number of rotatable bonds is 8. The van der Waals surface area contributed by atoms with Crippen molar-refractivity contribution in [2.75, 3.05) is 19.0 Å². The van der Waals surface area contributed by atoms with Crippen LogP contribution in [0.3, 0.4) is 0 Å². The van der Waals surface area contributed by atoms with E-state index in [4.69, 9.17) is 4.42 Å². The van der Waals surface area contributed by atoms with Crippen LogP contribution in [0, 0.1) is 12.8 Å². The highest BCUT2D eigenvalue weighted by atomic mass is 19.4. The van der Waals surface area contributed by atoms with E-state index in [1.165, 1.54) is 29.3 Å². The van der Waals surface area contributed by atoms with Crippen molar-refractivity contribution in [2.45, 2.75) is 44.3 Å². The molecule has 1 aliphatic carbocycles. The number of carbonyl (C=O) groups is 1. The summed E-state index contributed by atoms with van der Waals surface area (Å²) in [5.74, 6) is -1.80. The third-order valence-electron chi connectivity index (χ3n) is 6.10. The van der Waals surface area contributed by atoms with E-state index in [9.17, 15) is 27.5 Å². The van der Waals surface area contributed by atoms with Gasteiger partial charge in [-0.15, -0.1) is 0 Å². The zero-order valence-electron chi connectivity index (χ0n) is 18.9. The van der Waals surface area contributed by atoms with Gasteiger partial charge in [-0.2, -0.15) is 18.3 Å². The molecule has 3 N–H and O–H groups in total. The van der Waals surface area contributed by atoms with Crippen LogP contribution in [-0.2, 0) is 12.7 Å². The number of ketones is 1. The summed E-state index contributed by atoms with van der Waals surface area (Å²) < 4.78 is 59.5. The highest BCUT2D eigenvalue weighted by Gasteiger charge is 2.43. The largest absolute Gasteiger partial charge is 0.455 e. The van der Waals surface area contributed by atoms with Crippen LogP contribution in [0.2, 0.25) is 0 Å². The van der Waals surface area contributed by atoms with E-state index in [0.717, 1.165) is 6.07 Å². The second kappa shape index (κ2) is 9.74. The van der Waals surface area contributed by atoms with Crippen molar-refractivity contribution in [2.24, 2.45) is 5.92 Å². The average Bonchev–Trinajstić information content (AvgIpc) is 3.52. The summed E-state index contributed by atoms with van der Waals surface area (Å²) in [7, 11) is 1.62. The maximum absolute atomic E-state index is 14.9. The van der Waals surface area contributed by atoms with Crippen molar-refractivity contribution in [1.29, 1.82) is 0 Å². The molecule has 9 nitrogen and oxygen atoms in total. The van der Waals surface area contributed by atoms with Crippen LogP contribution >= 0.6 is 0 Å². The standard InChI is InChI=1S/C22H24F4N6O3/c1-11-5-16(31-32(11)8-13-3-4-17(35-13)22(24,25)26)20(34)14-7-28-10-29-21(14)30-15-6-12(9-33)19(27-2)18(15)23/h3-5,7,10,12,15,18-19,27,33H,6,8-9H2,1-2H3,(H,28,29,30). The Morgan fingerprint density at radius 1 is 1.34 bits per heavy atom. The number of hydrogen-bond donors (Lipinski definition) is 3. The first-order valence-corrected chi connectivity index (χ1v) is 10.9. The Bertz CT molecular complexity index is 1190. The van der Waals surface area contributed by atoms with E-state index >= 15 is 0 Å². The zero-order chi connectivity index (χ0) is 25.3. The first-order valence-electron chi connectivity index (χ1n) is 10.9. The number of aliphatic hydroxyl groups excluding tert-OH is 1. The fraction of sp³-hybridized carbons (Fsp3) is 0.455. The van der Waals surface area contributed by atoms with Gasteiger partial charge in [0.05, 0.1) is 18.2 Å². The predicted molar refractivity (Wildman–Crippen MR) is 116 cm³/mol. The fourth-order valence-corrected chi connectivity index (χ4v) is 4.30. The van der Waals surface area contributed by atoms with Gasteiger partial charge < -0.3 is 20.2 Å². The van der Waals surface area contributed by atoms with E-state index in [2.05, 4.69) is 25.7 Å². The molecule has 1 fully saturated rings. The summed E-state index contributed by atoms with van der Waals surface area (Å²) in [4.78, 5) is 21.2. The molecule has 3 aromatic heterocycles. The maximum atomic E-state index is 14.9. The molecular formula is C22H24F4N6O3. The molecule has 4 unspecified atom stereocenters. The van der Waals surface area contributed by atoms with E-state index in [-0.39, 0.29) is 41.9 Å². The van der Waals surface area contributed by atoms with Gasteiger partial charge in [-0.1, -0.05) is 0 Å². The van der Waals surface area contributed by atoms with Gasteiger partial charge in [0.1, 0.15) is 29.8 Å². The Labute approximate surface area is 197 Å². The molecule has 4 atom stereocenters. The molecule has 3 aromatic rings. The molecule has 0 aromatic carbocycles. The third kappa shape index (κ3) is 5.05. The highest BCUT2D eigenvalue weighted by molar-refractivity contribution is 6.10. The van der Waals surface area contributed by atoms with Crippen molar-refractivity contribution < 1.29 is 31.9 Å². The minimum absolute atomic E-state index is 0.0208. The summed E-state index contributed by atoms with van der Waals surface area (Å²) in [6.45, 7) is 1.36. The van der Waals surface area contributed by atoms with Crippen molar-refractivity contribution in [3.63, 3.8) is 0 Å². The number of nitrogens with one attached hydrogen (secondary N) is 2. The molecule has 13 heteroatoms. The second-order valence-corrected chi connectivity index (χ2v) is 8.39. The van der Waals surface area contributed by atoms with Crippen molar-refractivity contribution in [3.8, 4) is 0 Å². The number of furan rings is 1. The molecule has 4 rings (SSSR count). The van der Waals surface area contributed by atoms with Crippen LogP contribution in [0.5, 0.6) is 0 Å². The SMILES string of the molecule is CNC1C(CO)CC(Nc2ncncc2C(=O)c2cc(C)n(Cc3ccc(C(F)(F)F)o3)n2)C1F. The third-order valence-corrected chi connectivity index (χ3v) is 6.10. The number of anilines is 1. The van der Waals surface area contributed by atoms with Gasteiger partial charge in [0.15, 0.2) is 0 Å². The lowest BCUT2D eigenvalue weighted by atomic mass is 10.1. The number of hydrogen-bond acceptors (Lipinski definition) is 8. The number of halogens is 4. The molecule has 0 radical (unpaired) electrons. The minimum atomic E-state index is -4.60. The average molecular weight is 496 g/mol. The maximum Gasteiger partial charge on any atom is 0.449 e. The molecular weight excluding hydrogens is 472 g/mol. The van der Waals surface area contributed by atoms with Gasteiger partial charge in [-0.05, 0) is 38.6 Å². The first kappa shape index (κ1) is 24.8. The van der Waals surface area contributed by atoms with Crippen molar-refractivity contribution in [3.05, 3.63) is 59.2 Å². The monoisotopic (exact) mass is 496 g/mol. The Hall–Kier alpha value is -3.32. The van der Waals surface area contributed by atoms with Crippen LogP contribution in [0.4, 0.5) is 23.4 Å². The van der Waals surface area contributed by atoms with Gasteiger partial charge in [0, 0.05) is 30.5 Å². The Balaban J connectivity index is 1.53. The van der Waals surface area contributed by atoms with Gasteiger partial charge in [-0.25, -0.2) is 14.4 Å². The molecule has 0 saturated heterocycles. The number of aromatic nitrogens is 4. The lowest BCUT2D eigenvalue weighted by Gasteiger charge is -2.20. The lowest BCUT2D eigenvalue weighted by Crippen LogP contribution is -2.41. The van der Waals surface area contributed by atoms with E-state index in [0.29, 0.717) is 12.1 Å². The zero-order valence-corrected chi connectivity index (χ0v) is 18.9. The van der Waals surface area contributed by atoms with E-state index in [1.807, 2.05) is 0 Å². The Morgan fingerprint density at radius 3 is 2.74 bits per heavy atom. The number of aryl methyl sites for hydroxylation is 1. The van der Waals surface area contributed by atoms with Gasteiger partial charge in [0.2, 0.25) is 11.5 Å². The summed E-state index contributed by atoms with van der Waals surface area (Å²) in [5, 5.41) is 19.6. The van der Waals surface area contributed by atoms with Gasteiger partial charge in [0.25, 0.3) is 0 Å². The molecule has 3 heterocycles. The number of carbonyl (C=O) groups excluding carboxylic acids is 1. The van der Waals surface area contributed by atoms with Crippen LogP contribution in [0.15, 0.2) is 35.1 Å². The van der Waals surface area contributed by atoms with Crippen LogP contribution in [-0.4, -0.2) is 62.5 Å². The predicted octanol–water partition coefficient (Wildman–Crippen LogP) is 2.59.